The monoisotopic (exact) mass is 142 g/mol. The number of piperazine rings is 1. The summed E-state index contributed by atoms with van der Waals surface area (Å²) in [5.41, 5.74) is 0.368. The number of nitrogens with zero attached hydrogens (tertiary/aromatic N) is 2. The van der Waals surface area contributed by atoms with Crippen LogP contribution in [-0.2, 0) is 0 Å². The van der Waals surface area contributed by atoms with Gasteiger partial charge in [-0.15, -0.1) is 0 Å². The Morgan fingerprint density at radius 2 is 1.70 bits per heavy atom. The summed E-state index contributed by atoms with van der Waals surface area (Å²) in [5.74, 6) is 0. The van der Waals surface area contributed by atoms with Crippen LogP contribution in [0, 0.1) is 0 Å². The molecule has 0 bridgehead atoms. The van der Waals surface area contributed by atoms with Crippen molar-refractivity contribution in [3.63, 3.8) is 0 Å². The molecule has 10 heavy (non-hydrogen) atoms. The van der Waals surface area contributed by atoms with Crippen molar-refractivity contribution in [3.05, 3.63) is 0 Å². The standard InChI is InChI=1S/C8H18N2/c1-8(2)7-9(3)5-6-10(8)4/h5-7H2,1-4H3. The summed E-state index contributed by atoms with van der Waals surface area (Å²) in [6.45, 7) is 8.18. The quantitative estimate of drug-likeness (QED) is 0.490. The van der Waals surface area contributed by atoms with Gasteiger partial charge in [-0.1, -0.05) is 0 Å². The third-order valence-corrected chi connectivity index (χ3v) is 2.51. The predicted octanol–water partition coefficient (Wildman–Crippen LogP) is 0.642. The van der Waals surface area contributed by atoms with E-state index < -0.39 is 0 Å². The molecular weight excluding hydrogens is 124 g/mol. The van der Waals surface area contributed by atoms with Gasteiger partial charge < -0.3 is 4.90 Å². The van der Waals surface area contributed by atoms with Crippen molar-refractivity contribution < 1.29 is 0 Å². The first-order chi connectivity index (χ1) is 4.52. The van der Waals surface area contributed by atoms with Gasteiger partial charge in [0.25, 0.3) is 0 Å². The van der Waals surface area contributed by atoms with Crippen LogP contribution >= 0.6 is 0 Å². The Kier molecular flexibility index (Phi) is 2.02. The van der Waals surface area contributed by atoms with E-state index in [1.54, 1.807) is 0 Å². The molecule has 0 aliphatic carbocycles. The summed E-state index contributed by atoms with van der Waals surface area (Å²) in [6.07, 6.45) is 0. The largest absolute Gasteiger partial charge is 0.303 e. The zero-order valence-electron chi connectivity index (χ0n) is 7.52. The second kappa shape index (κ2) is 2.51. The summed E-state index contributed by atoms with van der Waals surface area (Å²) >= 11 is 0. The summed E-state index contributed by atoms with van der Waals surface area (Å²) < 4.78 is 0. The Balaban J connectivity index is 2.55. The fourth-order valence-corrected chi connectivity index (χ4v) is 1.48. The first kappa shape index (κ1) is 8.02. The lowest BCUT2D eigenvalue weighted by molar-refractivity contribution is 0.0541. The third kappa shape index (κ3) is 1.50. The van der Waals surface area contributed by atoms with Crippen molar-refractivity contribution in [2.24, 2.45) is 0 Å². The SMILES string of the molecule is CN1CCN(C)C(C)(C)C1. The van der Waals surface area contributed by atoms with Gasteiger partial charge >= 0.3 is 0 Å². The van der Waals surface area contributed by atoms with Crippen molar-refractivity contribution in [2.45, 2.75) is 19.4 Å². The molecule has 0 unspecified atom stereocenters. The summed E-state index contributed by atoms with van der Waals surface area (Å²) in [7, 11) is 4.39. The van der Waals surface area contributed by atoms with Crippen LogP contribution in [0.3, 0.4) is 0 Å². The maximum atomic E-state index is 2.42. The van der Waals surface area contributed by atoms with Gasteiger partial charge in [0.15, 0.2) is 0 Å². The lowest BCUT2D eigenvalue weighted by Gasteiger charge is -2.44. The molecule has 0 aromatic carbocycles. The van der Waals surface area contributed by atoms with E-state index in [1.165, 1.54) is 19.6 Å². The molecule has 0 radical (unpaired) electrons. The molecule has 0 saturated carbocycles. The zero-order chi connectivity index (χ0) is 7.78. The Morgan fingerprint density at radius 3 is 2.10 bits per heavy atom. The van der Waals surface area contributed by atoms with Crippen LogP contribution in [-0.4, -0.2) is 49.1 Å². The van der Waals surface area contributed by atoms with Gasteiger partial charge in [-0.05, 0) is 27.9 Å². The normalized spacial score (nSPS) is 28.8. The maximum absolute atomic E-state index is 2.42. The van der Waals surface area contributed by atoms with Crippen LogP contribution in [0.15, 0.2) is 0 Å². The molecule has 0 N–H and O–H groups in total. The molecule has 2 heteroatoms. The summed E-state index contributed by atoms with van der Waals surface area (Å²) in [6, 6.07) is 0. The van der Waals surface area contributed by atoms with E-state index in [9.17, 15) is 0 Å². The highest BCUT2D eigenvalue weighted by molar-refractivity contribution is 4.86. The van der Waals surface area contributed by atoms with Crippen LogP contribution in [0.4, 0.5) is 0 Å². The second-order valence-electron chi connectivity index (χ2n) is 3.97. The fourth-order valence-electron chi connectivity index (χ4n) is 1.48. The lowest BCUT2D eigenvalue weighted by atomic mass is 10.0. The number of rotatable bonds is 0. The predicted molar refractivity (Wildman–Crippen MR) is 44.2 cm³/mol. The molecule has 2 nitrogen and oxygen atoms in total. The second-order valence-corrected chi connectivity index (χ2v) is 3.97. The van der Waals surface area contributed by atoms with Crippen LogP contribution < -0.4 is 0 Å². The first-order valence-electron chi connectivity index (χ1n) is 3.92. The average molecular weight is 142 g/mol. The Morgan fingerprint density at radius 1 is 1.10 bits per heavy atom. The number of hydrogen-bond donors (Lipinski definition) is 0. The highest BCUT2D eigenvalue weighted by Gasteiger charge is 2.28. The Labute approximate surface area is 63.8 Å². The van der Waals surface area contributed by atoms with Crippen molar-refractivity contribution >= 4 is 0 Å². The minimum Gasteiger partial charge on any atom is -0.303 e. The zero-order valence-corrected chi connectivity index (χ0v) is 7.52. The highest BCUT2D eigenvalue weighted by atomic mass is 15.3. The molecule has 0 atom stereocenters. The molecule has 0 spiro atoms. The van der Waals surface area contributed by atoms with Gasteiger partial charge in [-0.3, -0.25) is 4.90 Å². The van der Waals surface area contributed by atoms with Crippen LogP contribution in [0.2, 0.25) is 0 Å². The maximum Gasteiger partial charge on any atom is 0.0277 e. The molecule has 1 aliphatic rings. The van der Waals surface area contributed by atoms with E-state index >= 15 is 0 Å². The molecule has 1 fully saturated rings. The molecule has 1 rings (SSSR count). The fraction of sp³-hybridized carbons (Fsp3) is 1.00. The summed E-state index contributed by atoms with van der Waals surface area (Å²) in [5, 5.41) is 0. The van der Waals surface area contributed by atoms with E-state index in [-0.39, 0.29) is 0 Å². The molecule has 0 aromatic heterocycles. The molecule has 60 valence electrons. The van der Waals surface area contributed by atoms with E-state index in [2.05, 4.69) is 37.7 Å². The van der Waals surface area contributed by atoms with Gasteiger partial charge in [0.2, 0.25) is 0 Å². The molecule has 1 heterocycles. The minimum absolute atomic E-state index is 0.368. The lowest BCUT2D eigenvalue weighted by Crippen LogP contribution is -2.56. The molecule has 1 saturated heterocycles. The Hall–Kier alpha value is -0.0800. The van der Waals surface area contributed by atoms with E-state index in [0.717, 1.165) is 0 Å². The van der Waals surface area contributed by atoms with Crippen LogP contribution in [0.25, 0.3) is 0 Å². The van der Waals surface area contributed by atoms with E-state index in [1.807, 2.05) is 0 Å². The van der Waals surface area contributed by atoms with Gasteiger partial charge in [0.05, 0.1) is 0 Å². The van der Waals surface area contributed by atoms with Gasteiger partial charge in [0, 0.05) is 25.2 Å². The van der Waals surface area contributed by atoms with Crippen LogP contribution in [0.1, 0.15) is 13.8 Å². The number of likely N-dealkylation sites (N-methyl/N-ethyl adjacent to an activating group) is 2. The topological polar surface area (TPSA) is 6.48 Å². The molecular formula is C8H18N2. The van der Waals surface area contributed by atoms with Crippen molar-refractivity contribution in [1.82, 2.24) is 9.80 Å². The van der Waals surface area contributed by atoms with E-state index in [4.69, 9.17) is 0 Å². The highest BCUT2D eigenvalue weighted by Crippen LogP contribution is 2.16. The minimum atomic E-state index is 0.368. The van der Waals surface area contributed by atoms with Crippen molar-refractivity contribution in [1.29, 1.82) is 0 Å². The average Bonchev–Trinajstić information content (AvgIpc) is 1.78. The summed E-state index contributed by atoms with van der Waals surface area (Å²) in [4.78, 5) is 4.81. The molecule has 1 aliphatic heterocycles. The smallest absolute Gasteiger partial charge is 0.0277 e. The van der Waals surface area contributed by atoms with Crippen molar-refractivity contribution in [3.8, 4) is 0 Å². The van der Waals surface area contributed by atoms with Crippen molar-refractivity contribution in [2.75, 3.05) is 33.7 Å². The molecule has 0 amide bonds. The van der Waals surface area contributed by atoms with E-state index in [0.29, 0.717) is 5.54 Å². The third-order valence-electron chi connectivity index (χ3n) is 2.51. The first-order valence-corrected chi connectivity index (χ1v) is 3.92. The number of hydrogen-bond acceptors (Lipinski definition) is 2. The molecule has 0 aromatic rings. The van der Waals surface area contributed by atoms with Gasteiger partial charge in [-0.25, -0.2) is 0 Å². The van der Waals surface area contributed by atoms with Gasteiger partial charge in [-0.2, -0.15) is 0 Å². The Bertz CT molecular complexity index is 120. The van der Waals surface area contributed by atoms with Crippen LogP contribution in [0.5, 0.6) is 0 Å². The van der Waals surface area contributed by atoms with Gasteiger partial charge in [0.1, 0.15) is 0 Å².